The number of hydrogen-bond acceptors (Lipinski definition) is 3. The van der Waals surface area contributed by atoms with Crippen LogP contribution in [0.5, 0.6) is 0 Å². The first kappa shape index (κ1) is 12.9. The molecular formula is C9H12ClNO3. The van der Waals surface area contributed by atoms with E-state index in [1.807, 2.05) is 0 Å². The molecule has 0 aliphatic heterocycles. The van der Waals surface area contributed by atoms with Gasteiger partial charge in [-0.1, -0.05) is 30.3 Å². The van der Waals surface area contributed by atoms with Gasteiger partial charge in [-0.25, -0.2) is 4.79 Å². The van der Waals surface area contributed by atoms with Crippen molar-refractivity contribution in [1.82, 2.24) is 0 Å². The molecule has 1 unspecified atom stereocenters. The predicted molar refractivity (Wildman–Crippen MR) is 54.3 cm³/mol. The molecule has 0 aliphatic carbocycles. The van der Waals surface area contributed by atoms with Gasteiger partial charge in [0.15, 0.2) is 5.60 Å². The maximum atomic E-state index is 10.7. The van der Waals surface area contributed by atoms with E-state index in [1.165, 1.54) is 12.1 Å². The summed E-state index contributed by atoms with van der Waals surface area (Å²) in [5.41, 5.74) is 3.53. The van der Waals surface area contributed by atoms with E-state index in [0.717, 1.165) is 0 Å². The van der Waals surface area contributed by atoms with Crippen LogP contribution in [0.1, 0.15) is 5.56 Å². The fraction of sp³-hybridized carbons (Fsp3) is 0.222. The van der Waals surface area contributed by atoms with Gasteiger partial charge in [0, 0.05) is 6.54 Å². The number of aliphatic carboxylic acids is 1. The lowest BCUT2D eigenvalue weighted by Crippen LogP contribution is -2.42. The summed E-state index contributed by atoms with van der Waals surface area (Å²) in [4.78, 5) is 10.7. The van der Waals surface area contributed by atoms with Crippen LogP contribution < -0.4 is 5.73 Å². The predicted octanol–water partition coefficient (Wildman–Crippen LogP) is 0.339. The van der Waals surface area contributed by atoms with E-state index in [-0.39, 0.29) is 19.0 Å². The summed E-state index contributed by atoms with van der Waals surface area (Å²) >= 11 is 0. The number of carboxylic acid groups (broad SMARTS) is 1. The third-order valence-corrected chi connectivity index (χ3v) is 1.90. The van der Waals surface area contributed by atoms with Crippen LogP contribution >= 0.6 is 12.4 Å². The van der Waals surface area contributed by atoms with Crippen LogP contribution in [0.25, 0.3) is 0 Å². The first-order valence-electron chi connectivity index (χ1n) is 3.82. The largest absolute Gasteiger partial charge is 0.479 e. The number of halogens is 1. The molecule has 1 atom stereocenters. The van der Waals surface area contributed by atoms with Gasteiger partial charge in [0.25, 0.3) is 0 Å². The first-order valence-corrected chi connectivity index (χ1v) is 3.82. The third kappa shape index (κ3) is 2.23. The van der Waals surface area contributed by atoms with E-state index < -0.39 is 11.6 Å². The molecule has 0 saturated carbocycles. The fourth-order valence-corrected chi connectivity index (χ4v) is 1.04. The molecule has 1 rings (SSSR count). The van der Waals surface area contributed by atoms with E-state index in [9.17, 15) is 9.90 Å². The standard InChI is InChI=1S/C9H11NO3.ClH/c10-6-9(13,8(11)12)7-4-2-1-3-5-7;/h1-5,13H,6,10H2,(H,11,12);1H. The van der Waals surface area contributed by atoms with Crippen LogP contribution in [-0.4, -0.2) is 22.7 Å². The van der Waals surface area contributed by atoms with Crippen molar-refractivity contribution in [1.29, 1.82) is 0 Å². The Morgan fingerprint density at radius 1 is 1.36 bits per heavy atom. The number of carbonyl (C=O) groups is 1. The minimum Gasteiger partial charge on any atom is -0.479 e. The molecule has 0 radical (unpaired) electrons. The number of nitrogens with two attached hydrogens (primary N) is 1. The number of hydrogen-bond donors (Lipinski definition) is 3. The van der Waals surface area contributed by atoms with E-state index in [4.69, 9.17) is 10.8 Å². The van der Waals surface area contributed by atoms with E-state index >= 15 is 0 Å². The van der Waals surface area contributed by atoms with E-state index in [0.29, 0.717) is 5.56 Å². The third-order valence-electron chi connectivity index (χ3n) is 1.90. The molecule has 0 aromatic heterocycles. The van der Waals surface area contributed by atoms with Crippen molar-refractivity contribution in [2.75, 3.05) is 6.54 Å². The highest BCUT2D eigenvalue weighted by Crippen LogP contribution is 2.19. The average molecular weight is 218 g/mol. The van der Waals surface area contributed by atoms with Crippen molar-refractivity contribution in [2.24, 2.45) is 5.73 Å². The van der Waals surface area contributed by atoms with Crippen molar-refractivity contribution >= 4 is 18.4 Å². The number of rotatable bonds is 3. The van der Waals surface area contributed by atoms with Gasteiger partial charge in [0.05, 0.1) is 0 Å². The Morgan fingerprint density at radius 2 is 1.86 bits per heavy atom. The lowest BCUT2D eigenvalue weighted by molar-refractivity contribution is -0.158. The molecule has 0 saturated heterocycles. The highest BCUT2D eigenvalue weighted by Gasteiger charge is 2.36. The summed E-state index contributed by atoms with van der Waals surface area (Å²) in [5.74, 6) is -1.33. The Balaban J connectivity index is 0.00000169. The van der Waals surface area contributed by atoms with Crippen LogP contribution in [0, 0.1) is 0 Å². The Bertz CT molecular complexity index is 304. The van der Waals surface area contributed by atoms with Gasteiger partial charge in [-0.05, 0) is 5.56 Å². The summed E-state index contributed by atoms with van der Waals surface area (Å²) in [6.45, 7) is -0.341. The molecule has 0 heterocycles. The first-order chi connectivity index (χ1) is 6.11. The van der Waals surface area contributed by atoms with Crippen molar-refractivity contribution in [3.63, 3.8) is 0 Å². The SMILES string of the molecule is Cl.NCC(O)(C(=O)O)c1ccccc1. The Morgan fingerprint density at radius 3 is 2.21 bits per heavy atom. The lowest BCUT2D eigenvalue weighted by atomic mass is 9.94. The van der Waals surface area contributed by atoms with Crippen molar-refractivity contribution in [3.05, 3.63) is 35.9 Å². The molecule has 5 heteroatoms. The van der Waals surface area contributed by atoms with Crippen LogP contribution in [0.2, 0.25) is 0 Å². The van der Waals surface area contributed by atoms with E-state index in [2.05, 4.69) is 0 Å². The molecule has 1 aromatic rings. The van der Waals surface area contributed by atoms with Crippen LogP contribution in [0.15, 0.2) is 30.3 Å². The Kier molecular flexibility index (Phi) is 4.56. The van der Waals surface area contributed by atoms with Gasteiger partial charge in [-0.2, -0.15) is 0 Å². The molecule has 78 valence electrons. The molecule has 1 aromatic carbocycles. The van der Waals surface area contributed by atoms with Gasteiger partial charge in [0.2, 0.25) is 0 Å². The van der Waals surface area contributed by atoms with Crippen molar-refractivity contribution in [3.8, 4) is 0 Å². The van der Waals surface area contributed by atoms with Crippen LogP contribution in [0.4, 0.5) is 0 Å². The van der Waals surface area contributed by atoms with Gasteiger partial charge in [-0.15, -0.1) is 12.4 Å². The van der Waals surface area contributed by atoms with Crippen LogP contribution in [0.3, 0.4) is 0 Å². The monoisotopic (exact) mass is 217 g/mol. The summed E-state index contributed by atoms with van der Waals surface area (Å²) in [7, 11) is 0. The second kappa shape index (κ2) is 4.95. The molecule has 0 bridgehead atoms. The smallest absolute Gasteiger partial charge is 0.341 e. The van der Waals surface area contributed by atoms with Gasteiger partial charge < -0.3 is 15.9 Å². The normalized spacial score (nSPS) is 13.9. The molecule has 0 fully saturated rings. The molecule has 4 N–H and O–H groups in total. The maximum absolute atomic E-state index is 10.7. The zero-order valence-electron chi connectivity index (χ0n) is 7.38. The molecular weight excluding hydrogens is 206 g/mol. The lowest BCUT2D eigenvalue weighted by Gasteiger charge is -2.21. The molecule has 0 amide bonds. The fourth-order valence-electron chi connectivity index (χ4n) is 1.04. The van der Waals surface area contributed by atoms with Crippen LogP contribution in [-0.2, 0) is 10.4 Å². The molecule has 0 aliphatic rings. The van der Waals surface area contributed by atoms with Gasteiger partial charge >= 0.3 is 5.97 Å². The quantitative estimate of drug-likeness (QED) is 0.682. The summed E-state index contributed by atoms with van der Waals surface area (Å²) in [6.07, 6.45) is 0. The summed E-state index contributed by atoms with van der Waals surface area (Å²) < 4.78 is 0. The summed E-state index contributed by atoms with van der Waals surface area (Å²) in [5, 5.41) is 18.4. The number of benzene rings is 1. The highest BCUT2D eigenvalue weighted by molar-refractivity contribution is 5.85. The highest BCUT2D eigenvalue weighted by atomic mass is 35.5. The molecule has 0 spiro atoms. The zero-order valence-corrected chi connectivity index (χ0v) is 8.20. The minimum atomic E-state index is -1.97. The van der Waals surface area contributed by atoms with Crippen molar-refractivity contribution in [2.45, 2.75) is 5.60 Å². The van der Waals surface area contributed by atoms with Crippen molar-refractivity contribution < 1.29 is 15.0 Å². The zero-order chi connectivity index (χ0) is 9.90. The Hall–Kier alpha value is -1.10. The number of aliphatic hydroxyl groups is 1. The summed E-state index contributed by atoms with van der Waals surface area (Å²) in [6, 6.07) is 8.10. The molecule has 4 nitrogen and oxygen atoms in total. The second-order valence-electron chi connectivity index (χ2n) is 2.74. The molecule has 14 heavy (non-hydrogen) atoms. The number of carboxylic acids is 1. The average Bonchev–Trinajstić information content (AvgIpc) is 2.17. The maximum Gasteiger partial charge on any atom is 0.341 e. The topological polar surface area (TPSA) is 83.5 Å². The minimum absolute atomic E-state index is 0. The Labute approximate surface area is 87.8 Å². The van der Waals surface area contributed by atoms with E-state index in [1.54, 1.807) is 18.2 Å². The van der Waals surface area contributed by atoms with Gasteiger partial charge in [-0.3, -0.25) is 0 Å². The van der Waals surface area contributed by atoms with Gasteiger partial charge in [0.1, 0.15) is 0 Å². The second-order valence-corrected chi connectivity index (χ2v) is 2.74.